The van der Waals surface area contributed by atoms with E-state index in [1.807, 2.05) is 0 Å². The maximum Gasteiger partial charge on any atom is 0.304 e. The quantitative estimate of drug-likeness (QED) is 0.858. The van der Waals surface area contributed by atoms with Gasteiger partial charge in [0, 0.05) is 18.8 Å². The third-order valence-electron chi connectivity index (χ3n) is 3.19. The Balaban J connectivity index is 1.99. The molecular weight excluding hydrogens is 246 g/mol. The van der Waals surface area contributed by atoms with Gasteiger partial charge in [0.1, 0.15) is 0 Å². The fourth-order valence-electron chi connectivity index (χ4n) is 2.35. The lowest BCUT2D eigenvalue weighted by Gasteiger charge is -2.41. The van der Waals surface area contributed by atoms with Gasteiger partial charge in [0.15, 0.2) is 0 Å². The highest BCUT2D eigenvalue weighted by Crippen LogP contribution is 2.35. The molecule has 0 radical (unpaired) electrons. The van der Waals surface area contributed by atoms with Gasteiger partial charge in [-0.3, -0.25) is 4.79 Å². The molecule has 2 N–H and O–H groups in total. The van der Waals surface area contributed by atoms with Gasteiger partial charge < -0.3 is 10.4 Å². The first-order valence-electron chi connectivity index (χ1n) is 6.13. The van der Waals surface area contributed by atoms with Crippen LogP contribution in [0.2, 0.25) is 0 Å². The lowest BCUT2D eigenvalue weighted by molar-refractivity contribution is -0.138. The van der Waals surface area contributed by atoms with Crippen LogP contribution < -0.4 is 5.32 Å². The van der Waals surface area contributed by atoms with E-state index in [2.05, 4.69) is 37.4 Å². The number of carboxylic acid groups (broad SMARTS) is 1. The van der Waals surface area contributed by atoms with Crippen molar-refractivity contribution < 1.29 is 9.90 Å². The van der Waals surface area contributed by atoms with Gasteiger partial charge in [0.25, 0.3) is 0 Å². The Morgan fingerprint density at radius 1 is 1.33 bits per heavy atom. The molecule has 1 aliphatic rings. The Morgan fingerprint density at radius 3 is 2.39 bits per heavy atom. The van der Waals surface area contributed by atoms with Crippen LogP contribution in [-0.4, -0.2) is 28.9 Å². The van der Waals surface area contributed by atoms with E-state index in [0.717, 1.165) is 18.8 Å². The number of rotatable bonds is 5. The Hall–Kier alpha value is -1.00. The number of hydrogen-bond donors (Lipinski definition) is 2. The summed E-state index contributed by atoms with van der Waals surface area (Å²) in [5, 5.41) is 12.1. The summed E-state index contributed by atoms with van der Waals surface area (Å²) in [5.41, 5.74) is 3.82. The molecule has 1 aromatic carbocycles. The largest absolute Gasteiger partial charge is 0.481 e. The van der Waals surface area contributed by atoms with Crippen LogP contribution in [0.1, 0.15) is 23.1 Å². The molecule has 0 atom stereocenters. The molecule has 0 saturated carbocycles. The number of aliphatic carboxylic acids is 1. The summed E-state index contributed by atoms with van der Waals surface area (Å²) in [5.74, 6) is 0.182. The number of nitrogens with one attached hydrogen (secondary N) is 1. The fraction of sp³-hybridized carbons (Fsp3) is 0.500. The molecule has 0 bridgehead atoms. The van der Waals surface area contributed by atoms with Crippen LogP contribution in [0.25, 0.3) is 0 Å². The van der Waals surface area contributed by atoms with Gasteiger partial charge >= 0.3 is 5.97 Å². The average Bonchev–Trinajstić information content (AvgIpc) is 2.20. The zero-order chi connectivity index (χ0) is 13.2. The number of carboxylic acids is 1. The van der Waals surface area contributed by atoms with Gasteiger partial charge in [0.05, 0.1) is 11.2 Å². The van der Waals surface area contributed by atoms with Crippen molar-refractivity contribution in [1.82, 2.24) is 5.32 Å². The molecule has 3 nitrogen and oxygen atoms in total. The van der Waals surface area contributed by atoms with Crippen LogP contribution in [0.3, 0.4) is 0 Å². The topological polar surface area (TPSA) is 49.3 Å². The highest BCUT2D eigenvalue weighted by Gasteiger charge is 2.39. The first-order chi connectivity index (χ1) is 8.49. The Kier molecular flexibility index (Phi) is 3.97. The van der Waals surface area contributed by atoms with E-state index in [1.54, 1.807) is 11.8 Å². The van der Waals surface area contributed by atoms with Gasteiger partial charge in [-0.05, 0) is 19.4 Å². The van der Waals surface area contributed by atoms with Crippen molar-refractivity contribution in [2.45, 2.75) is 30.8 Å². The van der Waals surface area contributed by atoms with Gasteiger partial charge in [-0.2, -0.15) is 0 Å². The summed E-state index contributed by atoms with van der Waals surface area (Å²) < 4.78 is -0.108. The molecule has 1 aliphatic heterocycles. The maximum absolute atomic E-state index is 10.9. The van der Waals surface area contributed by atoms with E-state index in [-0.39, 0.29) is 11.2 Å². The number of hydrogen-bond acceptors (Lipinski definition) is 3. The number of carbonyl (C=O) groups is 1. The normalized spacial score (nSPS) is 17.2. The molecule has 4 heteroatoms. The van der Waals surface area contributed by atoms with Crippen molar-refractivity contribution in [3.8, 4) is 0 Å². The second-order valence-electron chi connectivity index (χ2n) is 5.14. The van der Waals surface area contributed by atoms with Crippen molar-refractivity contribution in [2.75, 3.05) is 13.1 Å². The lowest BCUT2D eigenvalue weighted by Crippen LogP contribution is -2.58. The lowest BCUT2D eigenvalue weighted by atomic mass is 9.98. The Labute approximate surface area is 112 Å². The summed E-state index contributed by atoms with van der Waals surface area (Å²) in [4.78, 5) is 10.9. The van der Waals surface area contributed by atoms with E-state index in [1.165, 1.54) is 16.7 Å². The highest BCUT2D eigenvalue weighted by molar-refractivity contribution is 8.00. The zero-order valence-electron chi connectivity index (χ0n) is 10.8. The van der Waals surface area contributed by atoms with Crippen molar-refractivity contribution in [3.63, 3.8) is 0 Å². The molecule has 0 spiro atoms. The van der Waals surface area contributed by atoms with Gasteiger partial charge in [-0.1, -0.05) is 29.3 Å². The predicted molar refractivity (Wildman–Crippen MR) is 75.1 cm³/mol. The summed E-state index contributed by atoms with van der Waals surface area (Å²) in [6.07, 6.45) is 0.246. The fourth-order valence-corrected chi connectivity index (χ4v) is 3.62. The Morgan fingerprint density at radius 2 is 1.94 bits per heavy atom. The zero-order valence-corrected chi connectivity index (χ0v) is 11.6. The first kappa shape index (κ1) is 13.4. The number of benzene rings is 1. The van der Waals surface area contributed by atoms with E-state index in [4.69, 9.17) is 5.11 Å². The Bertz CT molecular complexity index is 435. The maximum atomic E-state index is 10.9. The van der Waals surface area contributed by atoms with Crippen molar-refractivity contribution in [2.24, 2.45) is 0 Å². The predicted octanol–water partition coefficient (Wildman–Crippen LogP) is 2.35. The van der Waals surface area contributed by atoms with E-state index in [0.29, 0.717) is 0 Å². The third-order valence-corrected chi connectivity index (χ3v) is 4.72. The van der Waals surface area contributed by atoms with Gasteiger partial charge in [0.2, 0.25) is 0 Å². The molecule has 2 rings (SSSR count). The minimum atomic E-state index is -0.704. The van der Waals surface area contributed by atoms with Crippen LogP contribution >= 0.6 is 11.8 Å². The molecule has 0 aliphatic carbocycles. The first-order valence-corrected chi connectivity index (χ1v) is 7.11. The standard InChI is InChI=1S/C14H19NO2S/c1-10-3-11(2)5-12(4-10)7-18-14(6-13(16)17)8-15-9-14/h3-5,15H,6-9H2,1-2H3,(H,16,17). The summed E-state index contributed by atoms with van der Waals surface area (Å²) in [7, 11) is 0. The van der Waals surface area contributed by atoms with Crippen LogP contribution in [0.5, 0.6) is 0 Å². The van der Waals surface area contributed by atoms with E-state index >= 15 is 0 Å². The highest BCUT2D eigenvalue weighted by atomic mass is 32.2. The third kappa shape index (κ3) is 3.27. The summed E-state index contributed by atoms with van der Waals surface area (Å²) in [6.45, 7) is 5.79. The molecule has 1 aromatic rings. The van der Waals surface area contributed by atoms with Crippen molar-refractivity contribution in [3.05, 3.63) is 34.9 Å². The monoisotopic (exact) mass is 265 g/mol. The van der Waals surface area contributed by atoms with Crippen LogP contribution in [0.4, 0.5) is 0 Å². The number of aryl methyl sites for hydroxylation is 2. The minimum absolute atomic E-state index is 0.108. The van der Waals surface area contributed by atoms with E-state index in [9.17, 15) is 4.79 Å². The van der Waals surface area contributed by atoms with Crippen LogP contribution in [0.15, 0.2) is 18.2 Å². The van der Waals surface area contributed by atoms with Crippen LogP contribution in [-0.2, 0) is 10.5 Å². The van der Waals surface area contributed by atoms with Crippen molar-refractivity contribution in [1.29, 1.82) is 0 Å². The SMILES string of the molecule is Cc1cc(C)cc(CSC2(CC(=O)O)CNC2)c1. The summed E-state index contributed by atoms with van der Waals surface area (Å²) >= 11 is 1.77. The minimum Gasteiger partial charge on any atom is -0.481 e. The van der Waals surface area contributed by atoms with Crippen molar-refractivity contribution >= 4 is 17.7 Å². The molecule has 1 saturated heterocycles. The molecule has 0 amide bonds. The summed E-state index contributed by atoms with van der Waals surface area (Å²) in [6, 6.07) is 6.52. The number of thioether (sulfide) groups is 1. The molecule has 98 valence electrons. The van der Waals surface area contributed by atoms with Gasteiger partial charge in [-0.25, -0.2) is 0 Å². The van der Waals surface area contributed by atoms with Crippen LogP contribution in [0, 0.1) is 13.8 Å². The molecule has 1 heterocycles. The molecule has 18 heavy (non-hydrogen) atoms. The van der Waals surface area contributed by atoms with Gasteiger partial charge in [-0.15, -0.1) is 11.8 Å². The van der Waals surface area contributed by atoms with E-state index < -0.39 is 5.97 Å². The smallest absolute Gasteiger partial charge is 0.304 e. The molecule has 0 aromatic heterocycles. The molecule has 1 fully saturated rings. The average molecular weight is 265 g/mol. The second kappa shape index (κ2) is 5.33. The molecule has 0 unspecified atom stereocenters. The molecular formula is C14H19NO2S. The second-order valence-corrected chi connectivity index (χ2v) is 6.59.